The van der Waals surface area contributed by atoms with Crippen molar-refractivity contribution in [3.05, 3.63) is 80.2 Å². The Morgan fingerprint density at radius 2 is 1.88 bits per heavy atom. The molecule has 0 aliphatic rings. The molecular formula is C17H13Cl2N5O2. The zero-order valence-electron chi connectivity index (χ0n) is 13.3. The van der Waals surface area contributed by atoms with E-state index in [-0.39, 0.29) is 18.1 Å². The van der Waals surface area contributed by atoms with Gasteiger partial charge in [-0.1, -0.05) is 29.3 Å². The Morgan fingerprint density at radius 3 is 2.58 bits per heavy atom. The van der Waals surface area contributed by atoms with E-state index >= 15 is 0 Å². The summed E-state index contributed by atoms with van der Waals surface area (Å²) < 4.78 is 5.71. The first kappa shape index (κ1) is 17.9. The van der Waals surface area contributed by atoms with Gasteiger partial charge in [0, 0.05) is 15.6 Å². The molecular weight excluding hydrogens is 377 g/mol. The van der Waals surface area contributed by atoms with Crippen LogP contribution < -0.4 is 15.7 Å². The van der Waals surface area contributed by atoms with E-state index in [0.29, 0.717) is 15.8 Å². The molecule has 9 heteroatoms. The number of hydrogen-bond acceptors (Lipinski definition) is 6. The third-order valence-electron chi connectivity index (χ3n) is 3.28. The Bertz CT molecular complexity index is 953. The third kappa shape index (κ3) is 4.81. The summed E-state index contributed by atoms with van der Waals surface area (Å²) in [4.78, 5) is 13.5. The van der Waals surface area contributed by atoms with Crippen molar-refractivity contribution in [1.29, 1.82) is 0 Å². The lowest BCUT2D eigenvalue weighted by Crippen LogP contribution is -2.10. The van der Waals surface area contributed by atoms with Gasteiger partial charge in [-0.05, 0) is 42.0 Å². The molecule has 0 saturated carbocycles. The predicted molar refractivity (Wildman–Crippen MR) is 101 cm³/mol. The first-order chi connectivity index (χ1) is 12.6. The van der Waals surface area contributed by atoms with Gasteiger partial charge in [0.05, 0.1) is 6.21 Å². The van der Waals surface area contributed by atoms with Crippen LogP contribution in [0.4, 0.5) is 5.95 Å². The number of hydrazone groups is 1. The molecule has 0 bridgehead atoms. The Labute approximate surface area is 158 Å². The van der Waals surface area contributed by atoms with Gasteiger partial charge < -0.3 is 4.74 Å². The highest BCUT2D eigenvalue weighted by Crippen LogP contribution is 2.25. The van der Waals surface area contributed by atoms with Gasteiger partial charge in [-0.15, -0.1) is 10.2 Å². The number of ether oxygens (including phenoxy) is 1. The maximum absolute atomic E-state index is 11.1. The van der Waals surface area contributed by atoms with E-state index in [4.69, 9.17) is 27.9 Å². The second-order valence-corrected chi connectivity index (χ2v) is 5.92. The number of nitrogens with zero attached hydrogens (tertiary/aromatic N) is 3. The maximum atomic E-state index is 11.1. The summed E-state index contributed by atoms with van der Waals surface area (Å²) in [5.41, 5.74) is 3.79. The number of nitrogens with one attached hydrogen (secondary N) is 2. The van der Waals surface area contributed by atoms with Crippen molar-refractivity contribution >= 4 is 35.4 Å². The van der Waals surface area contributed by atoms with Gasteiger partial charge in [0.25, 0.3) is 5.56 Å². The molecule has 26 heavy (non-hydrogen) atoms. The van der Waals surface area contributed by atoms with E-state index in [0.717, 1.165) is 17.3 Å². The van der Waals surface area contributed by atoms with E-state index in [1.165, 1.54) is 0 Å². The summed E-state index contributed by atoms with van der Waals surface area (Å²) in [6.07, 6.45) is 2.64. The Hall–Kier alpha value is -2.90. The van der Waals surface area contributed by atoms with Crippen LogP contribution in [0.3, 0.4) is 0 Å². The predicted octanol–water partition coefficient (Wildman–Crippen LogP) is 3.50. The molecule has 3 rings (SSSR count). The molecule has 0 saturated heterocycles. The van der Waals surface area contributed by atoms with Crippen molar-refractivity contribution in [2.45, 2.75) is 6.61 Å². The number of H-pyrrole nitrogens is 1. The van der Waals surface area contributed by atoms with Crippen LogP contribution in [0.5, 0.6) is 5.75 Å². The number of halogens is 2. The van der Waals surface area contributed by atoms with Crippen molar-refractivity contribution < 1.29 is 4.74 Å². The molecule has 0 radical (unpaired) electrons. The lowest BCUT2D eigenvalue weighted by molar-refractivity contribution is 0.306. The average molecular weight is 390 g/mol. The van der Waals surface area contributed by atoms with Crippen molar-refractivity contribution in [2.75, 3.05) is 5.43 Å². The van der Waals surface area contributed by atoms with Gasteiger partial charge in [-0.3, -0.25) is 9.78 Å². The molecule has 0 amide bonds. The van der Waals surface area contributed by atoms with Crippen molar-refractivity contribution in [1.82, 2.24) is 15.2 Å². The highest BCUT2D eigenvalue weighted by Gasteiger charge is 2.06. The van der Waals surface area contributed by atoms with Crippen LogP contribution in [-0.2, 0) is 6.61 Å². The largest absolute Gasteiger partial charge is 0.489 e. The quantitative estimate of drug-likeness (QED) is 0.497. The standard InChI is InChI=1S/C17H13Cl2N5O2/c18-14-2-1-3-15(19)13(14)10-26-12-6-4-11(5-7-12)8-20-23-17-22-16(25)9-21-24-17/h1-9H,10H2,(H2,22,23,24,25)/b20-8+. The van der Waals surface area contributed by atoms with Crippen LogP contribution in [0.15, 0.2) is 58.6 Å². The summed E-state index contributed by atoms with van der Waals surface area (Å²) in [5.74, 6) is 0.828. The molecule has 0 aliphatic heterocycles. The fourth-order valence-corrected chi connectivity index (χ4v) is 2.51. The molecule has 7 nitrogen and oxygen atoms in total. The summed E-state index contributed by atoms with van der Waals surface area (Å²) in [6, 6.07) is 12.6. The SMILES string of the molecule is O=c1cnnc(N/N=C/c2ccc(OCc3c(Cl)cccc3Cl)cc2)[nH]1. The van der Waals surface area contributed by atoms with Crippen LogP contribution in [0.2, 0.25) is 10.0 Å². The Morgan fingerprint density at radius 1 is 1.15 bits per heavy atom. The van der Waals surface area contributed by atoms with Crippen molar-refractivity contribution in [3.63, 3.8) is 0 Å². The molecule has 0 spiro atoms. The van der Waals surface area contributed by atoms with Crippen molar-refractivity contribution in [3.8, 4) is 5.75 Å². The zero-order valence-corrected chi connectivity index (χ0v) is 14.8. The van der Waals surface area contributed by atoms with E-state index in [1.54, 1.807) is 36.5 Å². The van der Waals surface area contributed by atoms with Gasteiger partial charge in [0.1, 0.15) is 18.6 Å². The lowest BCUT2D eigenvalue weighted by Gasteiger charge is -2.09. The fraction of sp³-hybridized carbons (Fsp3) is 0.0588. The Balaban J connectivity index is 1.58. The molecule has 1 heterocycles. The molecule has 3 aromatic rings. The highest BCUT2D eigenvalue weighted by molar-refractivity contribution is 6.35. The number of aromatic nitrogens is 3. The lowest BCUT2D eigenvalue weighted by atomic mass is 10.2. The maximum Gasteiger partial charge on any atom is 0.271 e. The minimum atomic E-state index is -0.363. The van der Waals surface area contributed by atoms with E-state index < -0.39 is 0 Å². The number of rotatable bonds is 6. The van der Waals surface area contributed by atoms with Crippen LogP contribution in [0.1, 0.15) is 11.1 Å². The van der Waals surface area contributed by atoms with Crippen LogP contribution >= 0.6 is 23.2 Å². The average Bonchev–Trinajstić information content (AvgIpc) is 2.63. The minimum Gasteiger partial charge on any atom is -0.489 e. The number of aromatic amines is 1. The summed E-state index contributed by atoms with van der Waals surface area (Å²) >= 11 is 12.2. The van der Waals surface area contributed by atoms with Gasteiger partial charge in [0.2, 0.25) is 5.95 Å². The van der Waals surface area contributed by atoms with Gasteiger partial charge in [-0.25, -0.2) is 5.43 Å². The first-order valence-corrected chi connectivity index (χ1v) is 8.24. The molecule has 0 aliphatic carbocycles. The second kappa shape index (κ2) is 8.46. The van der Waals surface area contributed by atoms with E-state index in [1.807, 2.05) is 12.1 Å². The minimum absolute atomic E-state index is 0.158. The van der Waals surface area contributed by atoms with Crippen molar-refractivity contribution in [2.24, 2.45) is 5.10 Å². The number of anilines is 1. The normalized spacial score (nSPS) is 10.8. The van der Waals surface area contributed by atoms with Crippen LogP contribution in [-0.4, -0.2) is 21.4 Å². The molecule has 0 unspecified atom stereocenters. The Kier molecular flexibility index (Phi) is 5.83. The van der Waals surface area contributed by atoms with E-state index in [9.17, 15) is 4.79 Å². The summed E-state index contributed by atoms with van der Waals surface area (Å²) in [6.45, 7) is 0.271. The number of hydrogen-bond donors (Lipinski definition) is 2. The summed E-state index contributed by atoms with van der Waals surface area (Å²) in [7, 11) is 0. The van der Waals surface area contributed by atoms with E-state index in [2.05, 4.69) is 25.7 Å². The molecule has 132 valence electrons. The van der Waals surface area contributed by atoms with Gasteiger partial charge >= 0.3 is 0 Å². The van der Waals surface area contributed by atoms with Gasteiger partial charge in [-0.2, -0.15) is 5.10 Å². The fourth-order valence-electron chi connectivity index (χ4n) is 2.01. The molecule has 0 atom stereocenters. The number of benzene rings is 2. The monoisotopic (exact) mass is 389 g/mol. The molecule has 2 N–H and O–H groups in total. The van der Waals surface area contributed by atoms with Crippen LogP contribution in [0.25, 0.3) is 0 Å². The molecule has 0 fully saturated rings. The molecule has 2 aromatic carbocycles. The second-order valence-electron chi connectivity index (χ2n) is 5.11. The van der Waals surface area contributed by atoms with Crippen LogP contribution in [0, 0.1) is 0 Å². The third-order valence-corrected chi connectivity index (χ3v) is 3.99. The highest BCUT2D eigenvalue weighted by atomic mass is 35.5. The van der Waals surface area contributed by atoms with Gasteiger partial charge in [0.15, 0.2) is 0 Å². The topological polar surface area (TPSA) is 92.3 Å². The molecule has 1 aromatic heterocycles. The smallest absolute Gasteiger partial charge is 0.271 e. The first-order valence-electron chi connectivity index (χ1n) is 7.48. The summed E-state index contributed by atoms with van der Waals surface area (Å²) in [5, 5.41) is 12.3. The zero-order chi connectivity index (χ0) is 18.4.